The minimum absolute atomic E-state index is 0.00208. The van der Waals surface area contributed by atoms with Crippen molar-refractivity contribution < 1.29 is 16.8 Å². The van der Waals surface area contributed by atoms with E-state index in [1.165, 1.54) is 30.5 Å². The molecule has 0 fully saturated rings. The Hall–Kier alpha value is -1.93. The maximum atomic E-state index is 12.6. The Morgan fingerprint density at radius 3 is 2.24 bits per heavy atom. The SMILES string of the molecule is Cc1ccc(S(=O)(=O)C2=C(S(C)(=O)=O)C=CC=NN2)cc1. The first-order valence-corrected chi connectivity index (χ1v) is 9.32. The molecule has 1 aromatic carbocycles. The fourth-order valence-corrected chi connectivity index (χ4v) is 4.45. The Kier molecular flexibility index (Phi) is 4.02. The number of rotatable bonds is 3. The van der Waals surface area contributed by atoms with Crippen molar-refractivity contribution in [2.24, 2.45) is 5.10 Å². The molecule has 6 nitrogen and oxygen atoms in total. The summed E-state index contributed by atoms with van der Waals surface area (Å²) in [6.45, 7) is 1.83. The quantitative estimate of drug-likeness (QED) is 0.899. The van der Waals surface area contributed by atoms with Crippen LogP contribution in [0, 0.1) is 6.92 Å². The number of hydrogen-bond acceptors (Lipinski definition) is 6. The molecule has 0 aliphatic carbocycles. The largest absolute Gasteiger partial charge is 0.266 e. The molecule has 0 spiro atoms. The minimum atomic E-state index is -4.01. The van der Waals surface area contributed by atoms with Gasteiger partial charge in [-0.15, -0.1) is 0 Å². The molecule has 1 aliphatic heterocycles. The summed E-state index contributed by atoms with van der Waals surface area (Å²) in [5.74, 6) is 0. The van der Waals surface area contributed by atoms with Crippen LogP contribution in [0.4, 0.5) is 0 Å². The molecule has 0 unspecified atom stereocenters. The number of allylic oxidation sites excluding steroid dienone is 2. The van der Waals surface area contributed by atoms with Crippen molar-refractivity contribution in [2.45, 2.75) is 11.8 Å². The van der Waals surface area contributed by atoms with E-state index in [0.29, 0.717) is 0 Å². The maximum Gasteiger partial charge on any atom is 0.224 e. The highest BCUT2D eigenvalue weighted by Crippen LogP contribution is 2.24. The average molecular weight is 326 g/mol. The van der Waals surface area contributed by atoms with Crippen molar-refractivity contribution in [3.05, 3.63) is 51.9 Å². The van der Waals surface area contributed by atoms with E-state index in [0.717, 1.165) is 11.8 Å². The van der Waals surface area contributed by atoms with E-state index in [1.807, 2.05) is 6.92 Å². The van der Waals surface area contributed by atoms with Gasteiger partial charge >= 0.3 is 0 Å². The van der Waals surface area contributed by atoms with Gasteiger partial charge < -0.3 is 0 Å². The van der Waals surface area contributed by atoms with Crippen LogP contribution in [0.25, 0.3) is 0 Å². The van der Waals surface area contributed by atoms with Gasteiger partial charge in [-0.25, -0.2) is 16.8 Å². The van der Waals surface area contributed by atoms with Crippen molar-refractivity contribution in [2.75, 3.05) is 6.26 Å². The molecular formula is C13H14N2O4S2. The van der Waals surface area contributed by atoms with Crippen LogP contribution in [-0.2, 0) is 19.7 Å². The monoisotopic (exact) mass is 326 g/mol. The smallest absolute Gasteiger partial charge is 0.224 e. The van der Waals surface area contributed by atoms with Gasteiger partial charge in [0.05, 0.1) is 4.90 Å². The molecule has 0 atom stereocenters. The molecule has 1 N–H and O–H groups in total. The van der Waals surface area contributed by atoms with Crippen LogP contribution in [0.15, 0.2) is 56.3 Å². The third-order valence-corrected chi connectivity index (χ3v) is 5.81. The molecule has 0 saturated heterocycles. The fraction of sp³-hybridized carbons (Fsp3) is 0.154. The molecule has 2 rings (SSSR count). The van der Waals surface area contributed by atoms with Gasteiger partial charge in [-0.1, -0.05) is 17.7 Å². The van der Waals surface area contributed by atoms with Crippen molar-refractivity contribution in [1.29, 1.82) is 0 Å². The minimum Gasteiger partial charge on any atom is -0.266 e. The van der Waals surface area contributed by atoms with E-state index < -0.39 is 24.7 Å². The van der Waals surface area contributed by atoms with Crippen molar-refractivity contribution in [1.82, 2.24) is 5.43 Å². The number of benzene rings is 1. The van der Waals surface area contributed by atoms with Gasteiger partial charge in [-0.3, -0.25) is 5.43 Å². The zero-order chi connectivity index (χ0) is 15.7. The van der Waals surface area contributed by atoms with Crippen molar-refractivity contribution in [3.63, 3.8) is 0 Å². The van der Waals surface area contributed by atoms with Gasteiger partial charge in [0.25, 0.3) is 0 Å². The van der Waals surface area contributed by atoms with Crippen LogP contribution < -0.4 is 5.43 Å². The van der Waals surface area contributed by atoms with Gasteiger partial charge in [-0.05, 0) is 31.2 Å². The van der Waals surface area contributed by atoms with Crippen LogP contribution in [0.2, 0.25) is 0 Å². The lowest BCUT2D eigenvalue weighted by molar-refractivity contribution is 0.595. The predicted molar refractivity (Wildman–Crippen MR) is 81.0 cm³/mol. The second-order valence-corrected chi connectivity index (χ2v) is 8.40. The van der Waals surface area contributed by atoms with Crippen LogP contribution in [0.5, 0.6) is 0 Å². The van der Waals surface area contributed by atoms with Crippen LogP contribution in [-0.4, -0.2) is 29.3 Å². The van der Waals surface area contributed by atoms with Crippen LogP contribution in [0.1, 0.15) is 5.56 Å². The summed E-state index contributed by atoms with van der Waals surface area (Å²) < 4.78 is 48.9. The number of nitrogens with one attached hydrogen (secondary N) is 1. The Balaban J connectivity index is 2.70. The maximum absolute atomic E-state index is 12.6. The van der Waals surface area contributed by atoms with E-state index >= 15 is 0 Å². The third-order valence-electron chi connectivity index (χ3n) is 2.80. The summed E-state index contributed by atoms with van der Waals surface area (Å²) >= 11 is 0. The Morgan fingerprint density at radius 1 is 1.05 bits per heavy atom. The third kappa shape index (κ3) is 3.22. The average Bonchev–Trinajstić information content (AvgIpc) is 2.64. The molecule has 21 heavy (non-hydrogen) atoms. The fourth-order valence-electron chi connectivity index (χ4n) is 1.72. The molecule has 1 aromatic rings. The summed E-state index contributed by atoms with van der Waals surface area (Å²) in [4.78, 5) is -0.317. The Morgan fingerprint density at radius 2 is 1.67 bits per heavy atom. The van der Waals surface area contributed by atoms with E-state index in [2.05, 4.69) is 10.5 Å². The molecular weight excluding hydrogens is 312 g/mol. The predicted octanol–water partition coefficient (Wildman–Crippen LogP) is 1.13. The van der Waals surface area contributed by atoms with Crippen molar-refractivity contribution in [3.8, 4) is 0 Å². The van der Waals surface area contributed by atoms with Gasteiger partial charge in [-0.2, -0.15) is 5.10 Å². The standard InChI is InChI=1S/C13H14N2O4S2/c1-10-5-7-11(8-6-10)21(18,19)13-12(20(2,16)17)4-3-9-14-15-13/h3-9,15H,1-2H3. The second kappa shape index (κ2) is 5.45. The van der Waals surface area contributed by atoms with Crippen molar-refractivity contribution >= 4 is 25.9 Å². The molecule has 0 radical (unpaired) electrons. The lowest BCUT2D eigenvalue weighted by Crippen LogP contribution is -2.20. The van der Waals surface area contributed by atoms with Gasteiger partial charge in [0.1, 0.15) is 4.91 Å². The second-order valence-electron chi connectivity index (χ2n) is 4.53. The topological polar surface area (TPSA) is 92.7 Å². The summed E-state index contributed by atoms with van der Waals surface area (Å²) in [5, 5.41) is 3.22. The summed E-state index contributed by atoms with van der Waals surface area (Å²) in [6, 6.07) is 6.14. The zero-order valence-corrected chi connectivity index (χ0v) is 13.1. The lowest BCUT2D eigenvalue weighted by atomic mass is 10.2. The van der Waals surface area contributed by atoms with Crippen LogP contribution >= 0.6 is 0 Å². The molecule has 112 valence electrons. The zero-order valence-electron chi connectivity index (χ0n) is 11.4. The highest BCUT2D eigenvalue weighted by Gasteiger charge is 2.28. The highest BCUT2D eigenvalue weighted by molar-refractivity contribution is 7.98. The molecule has 1 heterocycles. The van der Waals surface area contributed by atoms with E-state index in [-0.39, 0.29) is 9.80 Å². The van der Waals surface area contributed by atoms with Crippen LogP contribution in [0.3, 0.4) is 0 Å². The summed E-state index contributed by atoms with van der Waals surface area (Å²) in [5.41, 5.74) is 3.21. The first-order chi connectivity index (χ1) is 9.73. The first-order valence-electron chi connectivity index (χ1n) is 5.95. The molecule has 0 bridgehead atoms. The van der Waals surface area contributed by atoms with Gasteiger partial charge in [0.15, 0.2) is 14.9 Å². The van der Waals surface area contributed by atoms with Gasteiger partial charge in [0, 0.05) is 12.5 Å². The first kappa shape index (κ1) is 15.5. The Labute approximate surface area is 123 Å². The molecule has 0 saturated carbocycles. The number of hydrazone groups is 1. The van der Waals surface area contributed by atoms with Gasteiger partial charge in [0.2, 0.25) is 9.84 Å². The number of hydrogen-bond donors (Lipinski definition) is 1. The molecule has 8 heteroatoms. The summed E-state index contributed by atoms with van der Waals surface area (Å²) in [6.07, 6.45) is 4.80. The molecule has 1 aliphatic rings. The number of aryl methyl sites for hydroxylation is 1. The lowest BCUT2D eigenvalue weighted by Gasteiger charge is -2.11. The van der Waals surface area contributed by atoms with E-state index in [9.17, 15) is 16.8 Å². The van der Waals surface area contributed by atoms with E-state index in [4.69, 9.17) is 0 Å². The number of sulfone groups is 2. The highest BCUT2D eigenvalue weighted by atomic mass is 32.2. The molecule has 0 amide bonds. The Bertz CT molecular complexity index is 846. The number of nitrogens with zero attached hydrogens (tertiary/aromatic N) is 1. The molecule has 0 aromatic heterocycles. The summed E-state index contributed by atoms with van der Waals surface area (Å²) in [7, 11) is -7.74. The normalized spacial score (nSPS) is 15.7. The van der Waals surface area contributed by atoms with E-state index in [1.54, 1.807) is 12.1 Å².